The van der Waals surface area contributed by atoms with Crippen molar-refractivity contribution in [2.24, 2.45) is 0 Å². The van der Waals surface area contributed by atoms with Gasteiger partial charge in [-0.25, -0.2) is 0 Å². The fraction of sp³-hybridized carbons (Fsp3) is 0.900. The average molecular weight is 621 g/mol. The van der Waals surface area contributed by atoms with Crippen LogP contribution in [-0.2, 0) is 17.8 Å². The van der Waals surface area contributed by atoms with Gasteiger partial charge in [-0.1, -0.05) is 31.9 Å². The third-order valence-corrected chi connectivity index (χ3v) is 16.8. The van der Waals surface area contributed by atoms with Crippen LogP contribution in [0.2, 0.25) is 51.4 Å². The van der Waals surface area contributed by atoms with Crippen LogP contribution in [0.15, 0.2) is 0 Å². The molecule has 2 N–H and O–H groups in total. The molecule has 2 amide bonds. The number of rotatable bonds is 14. The molecule has 31 heavy (non-hydrogen) atoms. The molecule has 0 rings (SSSR count). The minimum absolute atomic E-state index is 0.00886. The van der Waals surface area contributed by atoms with Gasteiger partial charge in [-0.2, -0.15) is 0 Å². The molecule has 11 heteroatoms. The molecule has 0 radical (unpaired) electrons. The summed E-state index contributed by atoms with van der Waals surface area (Å²) >= 11 is 6.77. The molecule has 0 aliphatic rings. The van der Waals surface area contributed by atoms with Gasteiger partial charge in [0.1, 0.15) is 0 Å². The molecule has 0 spiro atoms. The molecule has 0 aromatic heterocycles. The highest BCUT2D eigenvalue weighted by Gasteiger charge is 2.39. The topological polar surface area (TPSA) is 76.7 Å². The van der Waals surface area contributed by atoms with Crippen molar-refractivity contribution < 1.29 is 17.8 Å². The number of nitrogens with one attached hydrogen (secondary N) is 2. The molecule has 0 aromatic carbocycles. The van der Waals surface area contributed by atoms with Gasteiger partial charge in [0, 0.05) is 13.1 Å². The number of amides is 2. The average Bonchev–Trinajstić information content (AvgIpc) is 2.51. The highest BCUT2D eigenvalue weighted by molar-refractivity contribution is 9.10. The van der Waals surface area contributed by atoms with Crippen molar-refractivity contribution in [1.82, 2.24) is 10.6 Å². The maximum Gasteiger partial charge on any atom is 0.311 e. The zero-order valence-corrected chi connectivity index (χ0v) is 27.3. The summed E-state index contributed by atoms with van der Waals surface area (Å²) in [5, 5.41) is 5.95. The highest BCUT2D eigenvalue weighted by Crippen LogP contribution is 2.26. The van der Waals surface area contributed by atoms with E-state index in [9.17, 15) is 9.59 Å². The second-order valence-corrected chi connectivity index (χ2v) is 27.2. The third kappa shape index (κ3) is 15.1. The van der Waals surface area contributed by atoms with Crippen LogP contribution in [0.25, 0.3) is 0 Å². The van der Waals surface area contributed by atoms with E-state index in [1.807, 2.05) is 27.7 Å². The Balaban J connectivity index is 4.48. The summed E-state index contributed by atoms with van der Waals surface area (Å²) < 4.78 is 12.2. The number of hydrogen-bond acceptors (Lipinski definition) is 4. The van der Waals surface area contributed by atoms with Gasteiger partial charge in [-0.05, 0) is 91.9 Å². The Hall–Kier alpha value is 0.471. The Morgan fingerprint density at radius 1 is 0.710 bits per heavy atom. The number of carbonyl (C=O) groups is 2. The lowest BCUT2D eigenvalue weighted by Gasteiger charge is -2.39. The van der Waals surface area contributed by atoms with E-state index >= 15 is 0 Å². The van der Waals surface area contributed by atoms with Crippen LogP contribution in [-0.4, -0.2) is 58.7 Å². The molecule has 6 nitrogen and oxygen atoms in total. The lowest BCUT2D eigenvalue weighted by Crippen LogP contribution is -2.52. The van der Waals surface area contributed by atoms with Gasteiger partial charge in [0.15, 0.2) is 16.6 Å². The molecule has 0 aliphatic carbocycles. The minimum Gasteiger partial charge on any atom is -0.437 e. The van der Waals surface area contributed by atoms with E-state index < -0.39 is 33.8 Å². The van der Waals surface area contributed by atoms with Gasteiger partial charge >= 0.3 is 8.56 Å². The molecule has 0 aromatic rings. The zero-order chi connectivity index (χ0) is 24.7. The van der Waals surface area contributed by atoms with Gasteiger partial charge in [0.05, 0.1) is 8.65 Å². The van der Waals surface area contributed by atoms with E-state index in [1.165, 1.54) is 0 Å². The Bertz CT molecular complexity index is 554. The summed E-state index contributed by atoms with van der Waals surface area (Å²) in [7, 11) is -6.06. The Kier molecular flexibility index (Phi) is 12.4. The smallest absolute Gasteiger partial charge is 0.311 e. The maximum absolute atomic E-state index is 12.0. The predicted molar refractivity (Wildman–Crippen MR) is 145 cm³/mol. The van der Waals surface area contributed by atoms with Crippen molar-refractivity contribution in [2.45, 2.75) is 101 Å². The predicted octanol–water partition coefficient (Wildman–Crippen LogP) is 5.49. The normalized spacial score (nSPS) is 13.8. The van der Waals surface area contributed by atoms with Crippen LogP contribution in [0.4, 0.5) is 0 Å². The molecular formula is C20H44Br2N2O4Si3. The molecule has 184 valence electrons. The van der Waals surface area contributed by atoms with Crippen molar-refractivity contribution >= 4 is 68.9 Å². The van der Waals surface area contributed by atoms with E-state index in [0.29, 0.717) is 13.1 Å². The number of hydrogen-bond donors (Lipinski definition) is 2. The minimum atomic E-state index is -2.26. The molecule has 0 fully saturated rings. The first-order chi connectivity index (χ1) is 13.7. The van der Waals surface area contributed by atoms with Gasteiger partial charge in [-0.3, -0.25) is 9.59 Å². The van der Waals surface area contributed by atoms with Crippen LogP contribution < -0.4 is 10.6 Å². The summed E-state index contributed by atoms with van der Waals surface area (Å²) in [4.78, 5) is 23.9. The van der Waals surface area contributed by atoms with Gasteiger partial charge < -0.3 is 18.9 Å². The molecule has 0 saturated heterocycles. The third-order valence-electron chi connectivity index (χ3n) is 4.61. The molecule has 0 saturated carbocycles. The van der Waals surface area contributed by atoms with Crippen molar-refractivity contribution in [3.63, 3.8) is 0 Å². The quantitative estimate of drug-likeness (QED) is 0.153. The van der Waals surface area contributed by atoms with Crippen LogP contribution in [0.1, 0.15) is 40.5 Å². The van der Waals surface area contributed by atoms with Crippen LogP contribution in [0.5, 0.6) is 0 Å². The standard InChI is InChI=1S/C20H44Br2N2O4Si3/c1-19(2,21)17(25)23-13-11-15-29(5,6)27-31(9,10)28-30(7,8)16-12-14-24-18(26)20(3,4)22/h11-16H2,1-10H3,(H,23,25)(H,24,26). The highest BCUT2D eigenvalue weighted by atomic mass is 79.9. The Morgan fingerprint density at radius 3 is 1.26 bits per heavy atom. The number of halogens is 2. The van der Waals surface area contributed by atoms with Gasteiger partial charge in [0.2, 0.25) is 11.8 Å². The molecular weight excluding hydrogens is 576 g/mol. The summed E-state index contributed by atoms with van der Waals surface area (Å²) in [6, 6.07) is 1.96. The summed E-state index contributed by atoms with van der Waals surface area (Å²) in [5.41, 5.74) is 0. The van der Waals surface area contributed by atoms with E-state index in [-0.39, 0.29) is 11.8 Å². The van der Waals surface area contributed by atoms with Crippen molar-refractivity contribution in [2.75, 3.05) is 13.1 Å². The van der Waals surface area contributed by atoms with Crippen LogP contribution in [0.3, 0.4) is 0 Å². The van der Waals surface area contributed by atoms with Crippen molar-refractivity contribution in [1.29, 1.82) is 0 Å². The largest absolute Gasteiger partial charge is 0.437 e. The van der Waals surface area contributed by atoms with Crippen LogP contribution in [0, 0.1) is 0 Å². The molecule has 0 bridgehead atoms. The second kappa shape index (κ2) is 12.3. The second-order valence-electron chi connectivity index (χ2n) is 10.8. The Labute approximate surface area is 210 Å². The molecule has 0 unspecified atom stereocenters. The monoisotopic (exact) mass is 618 g/mol. The van der Waals surface area contributed by atoms with Crippen molar-refractivity contribution in [3.8, 4) is 0 Å². The maximum atomic E-state index is 12.0. The lowest BCUT2D eigenvalue weighted by molar-refractivity contribution is -0.123. The van der Waals surface area contributed by atoms with E-state index in [4.69, 9.17) is 8.23 Å². The lowest BCUT2D eigenvalue weighted by atomic mass is 10.2. The summed E-state index contributed by atoms with van der Waals surface area (Å²) in [5.74, 6) is 0.0177. The van der Waals surface area contributed by atoms with Crippen molar-refractivity contribution in [3.05, 3.63) is 0 Å². The fourth-order valence-electron chi connectivity index (χ4n) is 3.31. The summed E-state index contributed by atoms with van der Waals surface area (Å²) in [6.45, 7) is 21.9. The number of carbonyl (C=O) groups excluding carboxylic acids is 2. The van der Waals surface area contributed by atoms with Gasteiger partial charge in [-0.15, -0.1) is 0 Å². The zero-order valence-electron chi connectivity index (χ0n) is 21.1. The van der Waals surface area contributed by atoms with E-state index in [0.717, 1.165) is 24.9 Å². The first-order valence-electron chi connectivity index (χ1n) is 11.0. The van der Waals surface area contributed by atoms with E-state index in [1.54, 1.807) is 0 Å². The van der Waals surface area contributed by atoms with Crippen LogP contribution >= 0.6 is 31.9 Å². The SMILES string of the molecule is CC(C)(Br)C(=O)NCCC[Si](C)(C)O[Si](C)(C)O[Si](C)(C)CCCNC(=O)C(C)(C)Br. The molecule has 0 atom stereocenters. The first kappa shape index (κ1) is 31.5. The molecule has 0 aliphatic heterocycles. The number of alkyl halides is 2. The Morgan fingerprint density at radius 2 is 1.00 bits per heavy atom. The first-order valence-corrected chi connectivity index (χ1v) is 21.7. The van der Waals surface area contributed by atoms with E-state index in [2.05, 4.69) is 81.8 Å². The molecule has 0 heterocycles. The van der Waals surface area contributed by atoms with Gasteiger partial charge in [0.25, 0.3) is 0 Å². The summed E-state index contributed by atoms with van der Waals surface area (Å²) in [6.07, 6.45) is 1.81. The fourth-order valence-corrected chi connectivity index (χ4v) is 17.6.